The summed E-state index contributed by atoms with van der Waals surface area (Å²) in [7, 11) is 1.87. The van der Waals surface area contributed by atoms with Gasteiger partial charge in [0.05, 0.1) is 0 Å². The molecule has 0 aromatic heterocycles. The van der Waals surface area contributed by atoms with Gasteiger partial charge in [-0.15, -0.1) is 0 Å². The van der Waals surface area contributed by atoms with Gasteiger partial charge in [0.1, 0.15) is 0 Å². The molecule has 0 radical (unpaired) electrons. The summed E-state index contributed by atoms with van der Waals surface area (Å²) < 4.78 is 1.04. The Morgan fingerprint density at radius 3 is 2.89 bits per heavy atom. The van der Waals surface area contributed by atoms with Crippen molar-refractivity contribution in [1.82, 2.24) is 4.90 Å². The minimum absolute atomic E-state index is 0.200. The number of benzene rings is 1. The summed E-state index contributed by atoms with van der Waals surface area (Å²) in [5, 5.41) is 3.25. The molecule has 1 aromatic rings. The molecule has 4 heteroatoms. The highest BCUT2D eigenvalue weighted by Crippen LogP contribution is 2.15. The van der Waals surface area contributed by atoms with Gasteiger partial charge in [0, 0.05) is 36.7 Å². The molecule has 0 aliphatic heterocycles. The Labute approximate surface area is 118 Å². The van der Waals surface area contributed by atoms with Crippen LogP contribution in [0.3, 0.4) is 0 Å². The fraction of sp³-hybridized carbons (Fsp3) is 0.500. The Bertz CT molecular complexity index is 382. The number of carbonyl (C=O) groups is 1. The van der Waals surface area contributed by atoms with E-state index in [1.807, 2.05) is 36.2 Å². The first kappa shape index (κ1) is 15.0. The van der Waals surface area contributed by atoms with Crippen molar-refractivity contribution in [2.45, 2.75) is 26.2 Å². The number of nitrogens with one attached hydrogen (secondary N) is 1. The zero-order valence-electron chi connectivity index (χ0n) is 11.1. The van der Waals surface area contributed by atoms with Gasteiger partial charge in [-0.2, -0.15) is 0 Å². The highest BCUT2D eigenvalue weighted by Gasteiger charge is 2.07. The molecule has 0 bridgehead atoms. The number of halogens is 1. The van der Waals surface area contributed by atoms with Gasteiger partial charge < -0.3 is 10.2 Å². The predicted octanol–water partition coefficient (Wildman–Crippen LogP) is 3.51. The molecule has 0 unspecified atom stereocenters. The molecule has 0 aliphatic rings. The van der Waals surface area contributed by atoms with Crippen LogP contribution >= 0.6 is 15.9 Å². The van der Waals surface area contributed by atoms with Gasteiger partial charge in [-0.1, -0.05) is 35.3 Å². The molecule has 3 nitrogen and oxygen atoms in total. The molecular weight excluding hydrogens is 292 g/mol. The van der Waals surface area contributed by atoms with E-state index in [1.54, 1.807) is 0 Å². The molecule has 0 saturated heterocycles. The number of carbonyl (C=O) groups excluding carboxylic acids is 1. The second-order valence-corrected chi connectivity index (χ2v) is 5.27. The maximum absolute atomic E-state index is 11.8. The standard InChI is InChI=1S/C14H21BrN2O/c1-3-4-10-17(2)14(18)8-9-16-13-7-5-6-12(15)11-13/h5-7,11,16H,3-4,8-10H2,1-2H3. The van der Waals surface area contributed by atoms with Crippen molar-refractivity contribution < 1.29 is 4.79 Å². The van der Waals surface area contributed by atoms with E-state index in [9.17, 15) is 4.79 Å². The number of anilines is 1. The molecule has 1 rings (SSSR count). The summed E-state index contributed by atoms with van der Waals surface area (Å²) in [6, 6.07) is 7.96. The van der Waals surface area contributed by atoms with Gasteiger partial charge in [0.2, 0.25) is 5.91 Å². The van der Waals surface area contributed by atoms with Crippen molar-refractivity contribution in [2.75, 3.05) is 25.5 Å². The van der Waals surface area contributed by atoms with Crippen LogP contribution in [0.5, 0.6) is 0 Å². The van der Waals surface area contributed by atoms with Gasteiger partial charge >= 0.3 is 0 Å². The van der Waals surface area contributed by atoms with Crippen molar-refractivity contribution in [3.05, 3.63) is 28.7 Å². The summed E-state index contributed by atoms with van der Waals surface area (Å²) >= 11 is 3.42. The van der Waals surface area contributed by atoms with Crippen molar-refractivity contribution in [2.24, 2.45) is 0 Å². The molecule has 0 heterocycles. The topological polar surface area (TPSA) is 32.3 Å². The lowest BCUT2D eigenvalue weighted by atomic mass is 10.3. The van der Waals surface area contributed by atoms with Crippen LogP contribution in [0.2, 0.25) is 0 Å². The summed E-state index contributed by atoms with van der Waals surface area (Å²) in [6.45, 7) is 3.66. The summed E-state index contributed by atoms with van der Waals surface area (Å²) in [5.41, 5.74) is 1.04. The van der Waals surface area contributed by atoms with E-state index >= 15 is 0 Å². The third kappa shape index (κ3) is 5.54. The maximum Gasteiger partial charge on any atom is 0.224 e. The average molecular weight is 313 g/mol. The lowest BCUT2D eigenvalue weighted by molar-refractivity contribution is -0.129. The maximum atomic E-state index is 11.8. The first-order valence-corrected chi connectivity index (χ1v) is 7.16. The molecule has 0 saturated carbocycles. The smallest absolute Gasteiger partial charge is 0.224 e. The second-order valence-electron chi connectivity index (χ2n) is 4.36. The number of hydrogen-bond acceptors (Lipinski definition) is 2. The molecule has 0 fully saturated rings. The predicted molar refractivity (Wildman–Crippen MR) is 79.8 cm³/mol. The van der Waals surface area contributed by atoms with E-state index in [1.165, 1.54) is 0 Å². The van der Waals surface area contributed by atoms with Gasteiger partial charge in [-0.25, -0.2) is 0 Å². The van der Waals surface area contributed by atoms with Crippen LogP contribution in [0, 0.1) is 0 Å². The first-order valence-electron chi connectivity index (χ1n) is 6.37. The Morgan fingerprint density at radius 2 is 2.22 bits per heavy atom. The number of rotatable bonds is 7. The van der Waals surface area contributed by atoms with Crippen LogP contribution in [0.4, 0.5) is 5.69 Å². The summed E-state index contributed by atoms with van der Waals surface area (Å²) in [4.78, 5) is 13.6. The third-order valence-electron chi connectivity index (χ3n) is 2.77. The summed E-state index contributed by atoms with van der Waals surface area (Å²) in [5.74, 6) is 0.200. The molecule has 1 aromatic carbocycles. The Morgan fingerprint density at radius 1 is 1.44 bits per heavy atom. The van der Waals surface area contributed by atoms with Crippen LogP contribution < -0.4 is 5.32 Å². The molecule has 0 spiro atoms. The lowest BCUT2D eigenvalue weighted by Crippen LogP contribution is -2.29. The molecular formula is C14H21BrN2O. The SMILES string of the molecule is CCCCN(C)C(=O)CCNc1cccc(Br)c1. The highest BCUT2D eigenvalue weighted by atomic mass is 79.9. The van der Waals surface area contributed by atoms with Gasteiger partial charge in [-0.05, 0) is 24.6 Å². The van der Waals surface area contributed by atoms with Crippen LogP contribution in [-0.4, -0.2) is 30.9 Å². The molecule has 1 amide bonds. The normalized spacial score (nSPS) is 10.2. The Hall–Kier alpha value is -1.03. The number of nitrogens with zero attached hydrogens (tertiary/aromatic N) is 1. The zero-order valence-corrected chi connectivity index (χ0v) is 12.7. The quantitative estimate of drug-likeness (QED) is 0.835. The Kier molecular flexibility index (Phi) is 6.80. The van der Waals surface area contributed by atoms with E-state index < -0.39 is 0 Å². The fourth-order valence-corrected chi connectivity index (χ4v) is 2.02. The Balaban J connectivity index is 2.27. The number of amides is 1. The lowest BCUT2D eigenvalue weighted by Gasteiger charge is -2.17. The fourth-order valence-electron chi connectivity index (χ4n) is 1.62. The number of unbranched alkanes of at least 4 members (excludes halogenated alkanes) is 1. The first-order chi connectivity index (χ1) is 8.63. The van der Waals surface area contributed by atoms with Crippen molar-refractivity contribution in [3.8, 4) is 0 Å². The molecule has 100 valence electrons. The molecule has 1 N–H and O–H groups in total. The van der Waals surface area contributed by atoms with Crippen LogP contribution in [0.25, 0.3) is 0 Å². The molecule has 18 heavy (non-hydrogen) atoms. The van der Waals surface area contributed by atoms with Crippen LogP contribution in [-0.2, 0) is 4.79 Å². The van der Waals surface area contributed by atoms with Gasteiger partial charge in [-0.3, -0.25) is 4.79 Å². The summed E-state index contributed by atoms with van der Waals surface area (Å²) in [6.07, 6.45) is 2.72. The van der Waals surface area contributed by atoms with E-state index in [0.29, 0.717) is 13.0 Å². The minimum atomic E-state index is 0.200. The highest BCUT2D eigenvalue weighted by molar-refractivity contribution is 9.10. The zero-order chi connectivity index (χ0) is 13.4. The molecule has 0 aliphatic carbocycles. The van der Waals surface area contributed by atoms with Gasteiger partial charge in [0.25, 0.3) is 0 Å². The second kappa shape index (κ2) is 8.14. The van der Waals surface area contributed by atoms with Crippen LogP contribution in [0.15, 0.2) is 28.7 Å². The van der Waals surface area contributed by atoms with E-state index in [-0.39, 0.29) is 5.91 Å². The van der Waals surface area contributed by atoms with E-state index in [2.05, 4.69) is 28.2 Å². The van der Waals surface area contributed by atoms with E-state index in [0.717, 1.165) is 29.5 Å². The van der Waals surface area contributed by atoms with Crippen molar-refractivity contribution >= 4 is 27.5 Å². The number of hydrogen-bond donors (Lipinski definition) is 1. The van der Waals surface area contributed by atoms with Crippen molar-refractivity contribution in [3.63, 3.8) is 0 Å². The van der Waals surface area contributed by atoms with Crippen LogP contribution in [0.1, 0.15) is 26.2 Å². The molecule has 0 atom stereocenters. The average Bonchev–Trinajstić information content (AvgIpc) is 2.35. The minimum Gasteiger partial charge on any atom is -0.384 e. The largest absolute Gasteiger partial charge is 0.384 e. The van der Waals surface area contributed by atoms with Gasteiger partial charge in [0.15, 0.2) is 0 Å². The monoisotopic (exact) mass is 312 g/mol. The third-order valence-corrected chi connectivity index (χ3v) is 3.26. The van der Waals surface area contributed by atoms with Crippen molar-refractivity contribution in [1.29, 1.82) is 0 Å². The van der Waals surface area contributed by atoms with E-state index in [4.69, 9.17) is 0 Å².